The van der Waals surface area contributed by atoms with Crippen LogP contribution in [0.25, 0.3) is 5.65 Å². The van der Waals surface area contributed by atoms with E-state index in [-0.39, 0.29) is 11.1 Å². The van der Waals surface area contributed by atoms with Crippen LogP contribution in [0.5, 0.6) is 0 Å². The van der Waals surface area contributed by atoms with Crippen molar-refractivity contribution in [2.24, 2.45) is 0 Å². The smallest absolute Gasteiger partial charge is 0.256 e. The van der Waals surface area contributed by atoms with Gasteiger partial charge >= 0.3 is 0 Å². The summed E-state index contributed by atoms with van der Waals surface area (Å²) in [5.41, 5.74) is 0.152. The minimum Gasteiger partial charge on any atom is -0.308 e. The highest BCUT2D eigenvalue weighted by Gasteiger charge is 1.92. The average molecular weight is 162 g/mol. The van der Waals surface area contributed by atoms with Crippen LogP contribution >= 0.6 is 0 Å². The van der Waals surface area contributed by atoms with Crippen molar-refractivity contribution in [1.29, 1.82) is 0 Å². The van der Waals surface area contributed by atoms with Gasteiger partial charge in [0.2, 0.25) is 0 Å². The van der Waals surface area contributed by atoms with E-state index in [4.69, 9.17) is 0 Å². The molecule has 2 rings (SSSR count). The first-order chi connectivity index (χ1) is 5.77. The molecule has 4 nitrogen and oxygen atoms in total. The van der Waals surface area contributed by atoms with Crippen LogP contribution in [0, 0.1) is 0 Å². The normalized spacial score (nSPS) is 10.3. The molecule has 0 spiro atoms. The molecule has 0 saturated carbocycles. The summed E-state index contributed by atoms with van der Waals surface area (Å²) in [5, 5.41) is 0. The lowest BCUT2D eigenvalue weighted by atomic mass is 10.4. The highest BCUT2D eigenvalue weighted by molar-refractivity contribution is 5.36. The molecule has 0 aromatic carbocycles. The lowest BCUT2D eigenvalue weighted by molar-refractivity contribution is 1.03. The molecule has 12 heavy (non-hydrogen) atoms. The number of pyridine rings is 1. The average Bonchev–Trinajstić information content (AvgIpc) is 2.04. The number of nitrogens with zero attached hydrogens (tertiary/aromatic N) is 1. The van der Waals surface area contributed by atoms with Gasteiger partial charge in [0.05, 0.1) is 0 Å². The van der Waals surface area contributed by atoms with Crippen molar-refractivity contribution in [1.82, 2.24) is 9.38 Å². The summed E-state index contributed by atoms with van der Waals surface area (Å²) in [6.45, 7) is 0. The molecule has 60 valence electrons. The number of aromatic nitrogens is 2. The maximum atomic E-state index is 11.1. The van der Waals surface area contributed by atoms with E-state index >= 15 is 0 Å². The third-order valence-electron chi connectivity index (χ3n) is 1.62. The number of rotatable bonds is 0. The Morgan fingerprint density at radius 2 is 2.00 bits per heavy atom. The maximum Gasteiger partial charge on any atom is 0.256 e. The first-order valence-corrected chi connectivity index (χ1v) is 3.48. The minimum atomic E-state index is -0.208. The topological polar surface area (TPSA) is 54.3 Å². The summed E-state index contributed by atoms with van der Waals surface area (Å²) in [7, 11) is 0. The number of hydrogen-bond acceptors (Lipinski definition) is 2. The molecule has 2 aromatic rings. The first kappa shape index (κ1) is 6.84. The lowest BCUT2D eigenvalue weighted by Gasteiger charge is -1.96. The van der Waals surface area contributed by atoms with Gasteiger partial charge < -0.3 is 4.98 Å². The van der Waals surface area contributed by atoms with Crippen LogP contribution in [0.2, 0.25) is 0 Å². The van der Waals surface area contributed by atoms with Crippen LogP contribution in [0.15, 0.2) is 40.1 Å². The Balaban J connectivity index is 3.06. The standard InChI is InChI=1S/C8H6N2O2/c11-7-4-5-10-6(9-7)2-1-3-8(10)12/h1-5H,(H,9,11). The lowest BCUT2D eigenvalue weighted by Crippen LogP contribution is -2.16. The predicted molar refractivity (Wildman–Crippen MR) is 44.3 cm³/mol. The number of H-pyrrole nitrogens is 1. The molecule has 0 amide bonds. The number of fused-ring (bicyclic) bond motifs is 1. The van der Waals surface area contributed by atoms with Gasteiger partial charge in [0.1, 0.15) is 5.65 Å². The van der Waals surface area contributed by atoms with Crippen molar-refractivity contribution in [3.05, 3.63) is 51.2 Å². The van der Waals surface area contributed by atoms with Crippen LogP contribution in [0.4, 0.5) is 0 Å². The van der Waals surface area contributed by atoms with Crippen molar-refractivity contribution in [2.45, 2.75) is 0 Å². The molecular weight excluding hydrogens is 156 g/mol. The van der Waals surface area contributed by atoms with E-state index in [9.17, 15) is 9.59 Å². The van der Waals surface area contributed by atoms with Crippen molar-refractivity contribution in [3.8, 4) is 0 Å². The summed E-state index contributed by atoms with van der Waals surface area (Å²) in [4.78, 5) is 24.5. The van der Waals surface area contributed by atoms with Gasteiger partial charge in [-0.15, -0.1) is 0 Å². The van der Waals surface area contributed by atoms with Crippen molar-refractivity contribution in [2.75, 3.05) is 0 Å². The van der Waals surface area contributed by atoms with Crippen LogP contribution in [-0.2, 0) is 0 Å². The number of aromatic amines is 1. The Morgan fingerprint density at radius 1 is 1.17 bits per heavy atom. The Bertz CT molecular complexity index is 524. The largest absolute Gasteiger partial charge is 0.308 e. The van der Waals surface area contributed by atoms with E-state index in [2.05, 4.69) is 4.98 Å². The molecule has 0 unspecified atom stereocenters. The second-order valence-corrected chi connectivity index (χ2v) is 2.42. The quantitative estimate of drug-likeness (QED) is 0.592. The second kappa shape index (κ2) is 2.34. The molecule has 0 radical (unpaired) electrons. The Morgan fingerprint density at radius 3 is 2.83 bits per heavy atom. The van der Waals surface area contributed by atoms with Gasteiger partial charge in [-0.05, 0) is 6.07 Å². The summed E-state index contributed by atoms with van der Waals surface area (Å²) in [6.07, 6.45) is 1.45. The third kappa shape index (κ3) is 0.934. The molecule has 0 fully saturated rings. The molecule has 0 atom stereocenters. The summed E-state index contributed by atoms with van der Waals surface area (Å²) < 4.78 is 1.38. The molecule has 2 heterocycles. The SMILES string of the molecule is O=c1ccn2c(=O)cccc2[nH]1. The molecule has 2 aromatic heterocycles. The van der Waals surface area contributed by atoms with Gasteiger partial charge in [0.25, 0.3) is 11.1 Å². The highest BCUT2D eigenvalue weighted by Crippen LogP contribution is 1.88. The molecule has 0 aliphatic carbocycles. The summed E-state index contributed by atoms with van der Waals surface area (Å²) >= 11 is 0. The van der Waals surface area contributed by atoms with Crippen molar-refractivity contribution in [3.63, 3.8) is 0 Å². The third-order valence-corrected chi connectivity index (χ3v) is 1.62. The molecule has 0 aliphatic rings. The van der Waals surface area contributed by atoms with E-state index in [0.29, 0.717) is 5.65 Å². The zero-order valence-electron chi connectivity index (χ0n) is 6.15. The van der Waals surface area contributed by atoms with Gasteiger partial charge in [-0.3, -0.25) is 14.0 Å². The van der Waals surface area contributed by atoms with Crippen LogP contribution < -0.4 is 11.1 Å². The molecule has 1 N–H and O–H groups in total. The first-order valence-electron chi connectivity index (χ1n) is 3.48. The van der Waals surface area contributed by atoms with Crippen LogP contribution in [-0.4, -0.2) is 9.38 Å². The maximum absolute atomic E-state index is 11.1. The van der Waals surface area contributed by atoms with Crippen LogP contribution in [0.1, 0.15) is 0 Å². The molecular formula is C8H6N2O2. The van der Waals surface area contributed by atoms with E-state index < -0.39 is 0 Å². The van der Waals surface area contributed by atoms with Gasteiger partial charge in [0, 0.05) is 18.3 Å². The summed E-state index contributed by atoms with van der Waals surface area (Å²) in [6, 6.07) is 6.02. The zero-order chi connectivity index (χ0) is 8.55. The van der Waals surface area contributed by atoms with Gasteiger partial charge in [-0.1, -0.05) is 6.07 Å². The second-order valence-electron chi connectivity index (χ2n) is 2.42. The predicted octanol–water partition coefficient (Wildman–Crippen LogP) is -0.0122. The Kier molecular flexibility index (Phi) is 1.33. The Hall–Kier alpha value is -1.84. The minimum absolute atomic E-state index is 0.149. The molecule has 0 saturated heterocycles. The van der Waals surface area contributed by atoms with Gasteiger partial charge in [0.15, 0.2) is 0 Å². The summed E-state index contributed by atoms with van der Waals surface area (Å²) in [5.74, 6) is 0. The fourth-order valence-electron chi connectivity index (χ4n) is 1.07. The fourth-order valence-corrected chi connectivity index (χ4v) is 1.07. The van der Waals surface area contributed by atoms with Crippen molar-refractivity contribution >= 4 is 5.65 Å². The van der Waals surface area contributed by atoms with Gasteiger partial charge in [-0.2, -0.15) is 0 Å². The zero-order valence-corrected chi connectivity index (χ0v) is 6.15. The van der Waals surface area contributed by atoms with Gasteiger partial charge in [-0.25, -0.2) is 0 Å². The van der Waals surface area contributed by atoms with E-state index in [1.807, 2.05) is 0 Å². The monoisotopic (exact) mass is 162 g/mol. The number of hydrogen-bond donors (Lipinski definition) is 1. The fraction of sp³-hybridized carbons (Fsp3) is 0. The Labute approximate surface area is 67.1 Å². The van der Waals surface area contributed by atoms with Crippen LogP contribution in [0.3, 0.4) is 0 Å². The molecule has 4 heteroatoms. The molecule has 0 bridgehead atoms. The molecule has 0 aliphatic heterocycles. The highest BCUT2D eigenvalue weighted by atomic mass is 16.1. The van der Waals surface area contributed by atoms with E-state index in [1.165, 1.54) is 22.7 Å². The van der Waals surface area contributed by atoms with E-state index in [1.54, 1.807) is 12.1 Å². The van der Waals surface area contributed by atoms with Crippen molar-refractivity contribution < 1.29 is 0 Å². The van der Waals surface area contributed by atoms with E-state index in [0.717, 1.165) is 0 Å². The number of nitrogens with one attached hydrogen (secondary N) is 1.